The Kier molecular flexibility index (Phi) is 6.35. The van der Waals surface area contributed by atoms with E-state index < -0.39 is 35.7 Å². The number of carbonyl (C=O) groups excluding carboxylic acids is 2. The number of nitrogens with one attached hydrogen (secondary N) is 2. The number of nitrogens with zero attached hydrogens (tertiary/aromatic N) is 1. The van der Waals surface area contributed by atoms with Crippen molar-refractivity contribution in [3.63, 3.8) is 0 Å². The lowest BCUT2D eigenvalue weighted by Gasteiger charge is -2.12. The number of hydrogen-bond donors (Lipinski definition) is 2. The van der Waals surface area contributed by atoms with E-state index in [0.717, 1.165) is 12.1 Å². The molecule has 2 amide bonds. The molecule has 0 heterocycles. The average molecular weight is 384 g/mol. The summed E-state index contributed by atoms with van der Waals surface area (Å²) in [6, 6.07) is 11.1. The third kappa shape index (κ3) is 5.32. The number of hydrogen-bond acceptors (Lipinski definition) is 3. The second-order valence-electron chi connectivity index (χ2n) is 5.04. The van der Waals surface area contributed by atoms with Crippen molar-refractivity contribution in [2.75, 3.05) is 6.54 Å². The number of alkyl halides is 3. The summed E-state index contributed by atoms with van der Waals surface area (Å²) in [6.45, 7) is -0.537. The molecule has 0 aromatic heterocycles. The molecule has 9 heteroatoms. The zero-order chi connectivity index (χ0) is 19.2. The maximum Gasteiger partial charge on any atom is 0.417 e. The van der Waals surface area contributed by atoms with E-state index in [4.69, 9.17) is 11.6 Å². The molecule has 2 rings (SSSR count). The first kappa shape index (κ1) is 19.5. The minimum atomic E-state index is -4.67. The molecule has 0 saturated carbocycles. The Hall–Kier alpha value is -2.87. The van der Waals surface area contributed by atoms with E-state index in [1.54, 1.807) is 24.3 Å². The Morgan fingerprint density at radius 3 is 2.42 bits per heavy atom. The van der Waals surface area contributed by atoms with Gasteiger partial charge in [-0.3, -0.25) is 9.59 Å². The van der Waals surface area contributed by atoms with Crippen molar-refractivity contribution in [3.05, 3.63) is 70.2 Å². The van der Waals surface area contributed by atoms with E-state index in [1.165, 1.54) is 18.3 Å². The first-order valence-corrected chi connectivity index (χ1v) is 7.67. The second kappa shape index (κ2) is 8.48. The quantitative estimate of drug-likeness (QED) is 0.614. The van der Waals surface area contributed by atoms with E-state index in [1.807, 2.05) is 0 Å². The lowest BCUT2D eigenvalue weighted by atomic mass is 10.1. The Bertz CT molecular complexity index is 838. The van der Waals surface area contributed by atoms with Gasteiger partial charge in [-0.05, 0) is 18.2 Å². The molecule has 2 N–H and O–H groups in total. The Morgan fingerprint density at radius 1 is 1.08 bits per heavy atom. The normalized spacial score (nSPS) is 11.4. The highest BCUT2D eigenvalue weighted by atomic mass is 35.5. The summed E-state index contributed by atoms with van der Waals surface area (Å²) >= 11 is 5.91. The summed E-state index contributed by atoms with van der Waals surface area (Å²) in [6.07, 6.45) is -3.36. The smallest absolute Gasteiger partial charge is 0.343 e. The van der Waals surface area contributed by atoms with Crippen molar-refractivity contribution < 1.29 is 22.8 Å². The maximum atomic E-state index is 12.9. The van der Waals surface area contributed by atoms with Crippen molar-refractivity contribution in [3.8, 4) is 0 Å². The first-order chi connectivity index (χ1) is 12.3. The van der Waals surface area contributed by atoms with Gasteiger partial charge >= 0.3 is 6.18 Å². The fraction of sp³-hybridized carbons (Fsp3) is 0.118. The van der Waals surface area contributed by atoms with E-state index in [2.05, 4.69) is 15.8 Å². The predicted octanol–water partition coefficient (Wildman–Crippen LogP) is 3.24. The number of benzene rings is 2. The van der Waals surface area contributed by atoms with Crippen molar-refractivity contribution in [2.24, 2.45) is 5.10 Å². The summed E-state index contributed by atoms with van der Waals surface area (Å²) in [5.41, 5.74) is 1.08. The van der Waals surface area contributed by atoms with Gasteiger partial charge in [-0.2, -0.15) is 18.3 Å². The van der Waals surface area contributed by atoms with Gasteiger partial charge in [0, 0.05) is 10.6 Å². The molecule has 136 valence electrons. The van der Waals surface area contributed by atoms with Crippen LogP contribution in [0.4, 0.5) is 13.2 Å². The standard InChI is InChI=1S/C17H13ClF3N3O2/c18-14-8-4-1-5-11(14)9-23-24-15(25)10-22-16(26)12-6-2-3-7-13(12)17(19,20)21/h1-9H,10H2,(H,22,26)(H,24,25)/b23-9-. The van der Waals surface area contributed by atoms with Crippen LogP contribution in [0.1, 0.15) is 21.5 Å². The molecule has 5 nitrogen and oxygen atoms in total. The van der Waals surface area contributed by atoms with Gasteiger partial charge < -0.3 is 5.32 Å². The molecule has 2 aromatic rings. The van der Waals surface area contributed by atoms with Crippen LogP contribution in [0, 0.1) is 0 Å². The fourth-order valence-electron chi connectivity index (χ4n) is 1.98. The van der Waals surface area contributed by atoms with Crippen LogP contribution in [0.5, 0.6) is 0 Å². The summed E-state index contributed by atoms with van der Waals surface area (Å²) in [5, 5.41) is 6.22. The molecule has 0 saturated heterocycles. The summed E-state index contributed by atoms with van der Waals surface area (Å²) in [4.78, 5) is 23.6. The van der Waals surface area contributed by atoms with Crippen LogP contribution in [-0.2, 0) is 11.0 Å². The van der Waals surface area contributed by atoms with Crippen LogP contribution < -0.4 is 10.7 Å². The highest BCUT2D eigenvalue weighted by Crippen LogP contribution is 2.31. The SMILES string of the molecule is O=C(CNC(=O)c1ccccc1C(F)(F)F)N/N=C\c1ccccc1Cl. The molecule has 0 atom stereocenters. The van der Waals surface area contributed by atoms with Gasteiger partial charge in [-0.1, -0.05) is 41.9 Å². The third-order valence-electron chi connectivity index (χ3n) is 3.18. The van der Waals surface area contributed by atoms with E-state index in [-0.39, 0.29) is 0 Å². The molecular formula is C17H13ClF3N3O2. The molecule has 2 aromatic carbocycles. The molecule has 26 heavy (non-hydrogen) atoms. The lowest BCUT2D eigenvalue weighted by molar-refractivity contribution is -0.137. The molecule has 0 spiro atoms. The van der Waals surface area contributed by atoms with Gasteiger partial charge in [-0.25, -0.2) is 5.43 Å². The van der Waals surface area contributed by atoms with Crippen molar-refractivity contribution in [2.45, 2.75) is 6.18 Å². The minimum Gasteiger partial charge on any atom is -0.343 e. The summed E-state index contributed by atoms with van der Waals surface area (Å²) in [5.74, 6) is -1.71. The van der Waals surface area contributed by atoms with Crippen LogP contribution in [-0.4, -0.2) is 24.6 Å². The molecule has 0 unspecified atom stereocenters. The maximum absolute atomic E-state index is 12.9. The van der Waals surface area contributed by atoms with Crippen molar-refractivity contribution >= 4 is 29.6 Å². The van der Waals surface area contributed by atoms with Crippen molar-refractivity contribution in [1.82, 2.24) is 10.7 Å². The number of amides is 2. The molecule has 0 fully saturated rings. The minimum absolute atomic E-state index is 0.433. The highest BCUT2D eigenvalue weighted by molar-refractivity contribution is 6.33. The number of hydrazone groups is 1. The van der Waals surface area contributed by atoms with Crippen LogP contribution in [0.2, 0.25) is 5.02 Å². The zero-order valence-electron chi connectivity index (χ0n) is 13.2. The fourth-order valence-corrected chi connectivity index (χ4v) is 2.16. The van der Waals surface area contributed by atoms with Gasteiger partial charge in [0.2, 0.25) is 0 Å². The van der Waals surface area contributed by atoms with Gasteiger partial charge in [0.25, 0.3) is 11.8 Å². The predicted molar refractivity (Wildman–Crippen MR) is 91.0 cm³/mol. The van der Waals surface area contributed by atoms with Crippen LogP contribution in [0.3, 0.4) is 0 Å². The molecule has 0 aliphatic carbocycles. The van der Waals surface area contributed by atoms with E-state index >= 15 is 0 Å². The largest absolute Gasteiger partial charge is 0.417 e. The molecule has 0 aliphatic heterocycles. The molecule has 0 bridgehead atoms. The second-order valence-corrected chi connectivity index (χ2v) is 5.45. The Morgan fingerprint density at radius 2 is 1.73 bits per heavy atom. The monoisotopic (exact) mass is 383 g/mol. The Labute approximate surface area is 151 Å². The van der Waals surface area contributed by atoms with Crippen LogP contribution in [0.15, 0.2) is 53.6 Å². The number of halogens is 4. The number of carbonyl (C=O) groups is 2. The number of rotatable bonds is 5. The Balaban J connectivity index is 1.92. The third-order valence-corrected chi connectivity index (χ3v) is 3.53. The zero-order valence-corrected chi connectivity index (χ0v) is 13.9. The topological polar surface area (TPSA) is 70.6 Å². The van der Waals surface area contributed by atoms with E-state index in [0.29, 0.717) is 10.6 Å². The molecular weight excluding hydrogens is 371 g/mol. The van der Waals surface area contributed by atoms with E-state index in [9.17, 15) is 22.8 Å². The summed E-state index contributed by atoms with van der Waals surface area (Å²) < 4.78 is 38.6. The van der Waals surface area contributed by atoms with Gasteiger partial charge in [-0.15, -0.1) is 0 Å². The van der Waals surface area contributed by atoms with Crippen LogP contribution >= 0.6 is 11.6 Å². The van der Waals surface area contributed by atoms with Crippen molar-refractivity contribution in [1.29, 1.82) is 0 Å². The molecule has 0 aliphatic rings. The highest BCUT2D eigenvalue weighted by Gasteiger charge is 2.34. The van der Waals surface area contributed by atoms with Gasteiger partial charge in [0.05, 0.1) is 23.9 Å². The first-order valence-electron chi connectivity index (χ1n) is 7.30. The van der Waals surface area contributed by atoms with Crippen LogP contribution in [0.25, 0.3) is 0 Å². The summed E-state index contributed by atoms with van der Waals surface area (Å²) in [7, 11) is 0. The van der Waals surface area contributed by atoms with Gasteiger partial charge in [0.15, 0.2) is 0 Å². The average Bonchev–Trinajstić information content (AvgIpc) is 2.60. The molecule has 0 radical (unpaired) electrons. The lowest BCUT2D eigenvalue weighted by Crippen LogP contribution is -2.35. The van der Waals surface area contributed by atoms with Gasteiger partial charge in [0.1, 0.15) is 0 Å².